The number of thiazole rings is 1. The molecule has 158 valence electrons. The lowest BCUT2D eigenvalue weighted by Crippen LogP contribution is -2.39. The molecular weight excluding hydrogens is 432 g/mol. The number of benzene rings is 2. The van der Waals surface area contributed by atoms with Crippen molar-refractivity contribution < 1.29 is 9.53 Å². The third-order valence-electron chi connectivity index (χ3n) is 5.08. The van der Waals surface area contributed by atoms with E-state index in [0.29, 0.717) is 25.6 Å². The zero-order chi connectivity index (χ0) is 22.1. The number of carbonyl (C=O) groups excluding carboxylic acids is 1. The summed E-state index contributed by atoms with van der Waals surface area (Å²) in [6, 6.07) is 14.5. The molecule has 0 saturated carbocycles. The molecule has 0 bridgehead atoms. The fourth-order valence-electron chi connectivity index (χ4n) is 3.57. The van der Waals surface area contributed by atoms with Crippen molar-refractivity contribution in [3.05, 3.63) is 101 Å². The fraction of sp³-hybridized carbons (Fsp3) is 0.208. The summed E-state index contributed by atoms with van der Waals surface area (Å²) in [6.45, 7) is 5.78. The molecule has 7 heteroatoms. The van der Waals surface area contributed by atoms with Gasteiger partial charge in [0.2, 0.25) is 0 Å². The minimum Gasteiger partial charge on any atom is -0.463 e. The highest BCUT2D eigenvalue weighted by Gasteiger charge is 2.33. The Morgan fingerprint density at radius 3 is 2.48 bits per heavy atom. The van der Waals surface area contributed by atoms with Gasteiger partial charge in [0.05, 0.1) is 28.5 Å². The van der Waals surface area contributed by atoms with Crippen LogP contribution in [0.2, 0.25) is 5.02 Å². The van der Waals surface area contributed by atoms with Gasteiger partial charge in [0.15, 0.2) is 4.80 Å². The van der Waals surface area contributed by atoms with Crippen LogP contribution in [0, 0.1) is 6.92 Å². The molecular formula is C24H21ClN2O3S. The van der Waals surface area contributed by atoms with Crippen LogP contribution in [0.1, 0.15) is 36.6 Å². The van der Waals surface area contributed by atoms with E-state index in [1.165, 1.54) is 11.3 Å². The molecule has 0 fully saturated rings. The summed E-state index contributed by atoms with van der Waals surface area (Å²) in [4.78, 5) is 31.4. The molecule has 0 amide bonds. The number of hydrogen-bond acceptors (Lipinski definition) is 5. The van der Waals surface area contributed by atoms with E-state index in [1.807, 2.05) is 49.4 Å². The van der Waals surface area contributed by atoms with E-state index < -0.39 is 12.0 Å². The summed E-state index contributed by atoms with van der Waals surface area (Å²) >= 11 is 7.27. The van der Waals surface area contributed by atoms with Crippen LogP contribution in [0.15, 0.2) is 69.6 Å². The topological polar surface area (TPSA) is 60.7 Å². The normalized spacial score (nSPS) is 16.1. The zero-order valence-corrected chi connectivity index (χ0v) is 19.0. The molecule has 3 aromatic rings. The van der Waals surface area contributed by atoms with E-state index in [2.05, 4.69) is 4.99 Å². The molecule has 0 spiro atoms. The Labute approximate surface area is 188 Å². The third-order valence-corrected chi connectivity index (χ3v) is 6.31. The van der Waals surface area contributed by atoms with Gasteiger partial charge in [0.1, 0.15) is 0 Å². The molecule has 5 nitrogen and oxygen atoms in total. The van der Waals surface area contributed by atoms with Gasteiger partial charge in [-0.25, -0.2) is 9.79 Å². The van der Waals surface area contributed by atoms with Crippen molar-refractivity contribution in [3.8, 4) is 0 Å². The standard InChI is InChI=1S/C24H21ClN2O3S/c1-4-30-23(29)20-15(3)26-24-27(21(20)17-9-5-14(2)6-10-17)22(28)19(31-24)13-16-7-11-18(25)12-8-16/h5-13,21H,4H2,1-3H3. The second-order valence-electron chi connectivity index (χ2n) is 7.26. The van der Waals surface area contributed by atoms with Gasteiger partial charge in [-0.15, -0.1) is 0 Å². The highest BCUT2D eigenvalue weighted by atomic mass is 35.5. The van der Waals surface area contributed by atoms with E-state index in [-0.39, 0.29) is 12.2 Å². The molecule has 31 heavy (non-hydrogen) atoms. The number of rotatable bonds is 4. The van der Waals surface area contributed by atoms with E-state index in [0.717, 1.165) is 16.7 Å². The van der Waals surface area contributed by atoms with E-state index in [1.54, 1.807) is 30.5 Å². The van der Waals surface area contributed by atoms with Crippen LogP contribution in [0.25, 0.3) is 6.08 Å². The highest BCUT2D eigenvalue weighted by molar-refractivity contribution is 7.07. The first kappa shape index (κ1) is 21.3. The average molecular weight is 453 g/mol. The maximum atomic E-state index is 13.4. The number of halogens is 1. The molecule has 1 unspecified atom stereocenters. The van der Waals surface area contributed by atoms with Crippen LogP contribution >= 0.6 is 22.9 Å². The number of fused-ring (bicyclic) bond motifs is 1. The molecule has 0 aliphatic carbocycles. The van der Waals surface area contributed by atoms with Crippen molar-refractivity contribution in [1.29, 1.82) is 0 Å². The Morgan fingerprint density at radius 1 is 1.16 bits per heavy atom. The number of ether oxygens (including phenoxy) is 1. The van der Waals surface area contributed by atoms with Crippen LogP contribution in [0.5, 0.6) is 0 Å². The number of nitrogens with zero attached hydrogens (tertiary/aromatic N) is 2. The molecule has 2 aromatic carbocycles. The van der Waals surface area contributed by atoms with Crippen molar-refractivity contribution in [3.63, 3.8) is 0 Å². The van der Waals surface area contributed by atoms with Crippen molar-refractivity contribution >= 4 is 35.0 Å². The first-order valence-electron chi connectivity index (χ1n) is 9.91. The van der Waals surface area contributed by atoms with Crippen LogP contribution in [0.4, 0.5) is 0 Å². The van der Waals surface area contributed by atoms with E-state index >= 15 is 0 Å². The summed E-state index contributed by atoms with van der Waals surface area (Å²) in [5.74, 6) is -0.457. The number of aryl methyl sites for hydroxylation is 1. The fourth-order valence-corrected chi connectivity index (χ4v) is 4.74. The minimum absolute atomic E-state index is 0.196. The van der Waals surface area contributed by atoms with Crippen LogP contribution in [0.3, 0.4) is 0 Å². The monoisotopic (exact) mass is 452 g/mol. The maximum Gasteiger partial charge on any atom is 0.338 e. The number of carbonyl (C=O) groups is 1. The highest BCUT2D eigenvalue weighted by Crippen LogP contribution is 2.30. The van der Waals surface area contributed by atoms with Gasteiger partial charge in [-0.3, -0.25) is 9.36 Å². The third kappa shape index (κ3) is 4.13. The lowest BCUT2D eigenvalue weighted by molar-refractivity contribution is -0.139. The molecule has 1 atom stereocenters. The van der Waals surface area contributed by atoms with Gasteiger partial charge in [-0.05, 0) is 50.1 Å². The first-order valence-corrected chi connectivity index (χ1v) is 11.1. The number of esters is 1. The zero-order valence-electron chi connectivity index (χ0n) is 17.4. The lowest BCUT2D eigenvalue weighted by atomic mass is 9.95. The molecule has 4 rings (SSSR count). The molecule has 1 aliphatic rings. The van der Waals surface area contributed by atoms with Gasteiger partial charge < -0.3 is 4.74 Å². The van der Waals surface area contributed by atoms with Crippen LogP contribution in [-0.2, 0) is 9.53 Å². The number of aromatic nitrogens is 1. The summed E-state index contributed by atoms with van der Waals surface area (Å²) in [6.07, 6.45) is 1.82. The van der Waals surface area contributed by atoms with Gasteiger partial charge in [0.25, 0.3) is 5.56 Å². The molecule has 1 aliphatic heterocycles. The first-order chi connectivity index (χ1) is 14.9. The lowest BCUT2D eigenvalue weighted by Gasteiger charge is -2.24. The van der Waals surface area contributed by atoms with E-state index in [9.17, 15) is 9.59 Å². The summed E-state index contributed by atoms with van der Waals surface area (Å²) < 4.78 is 7.44. The van der Waals surface area contributed by atoms with Gasteiger partial charge in [-0.2, -0.15) is 0 Å². The Morgan fingerprint density at radius 2 is 1.84 bits per heavy atom. The van der Waals surface area contributed by atoms with Crippen molar-refractivity contribution in [2.45, 2.75) is 26.8 Å². The largest absolute Gasteiger partial charge is 0.463 e. The van der Waals surface area contributed by atoms with Crippen molar-refractivity contribution in [2.75, 3.05) is 6.61 Å². The predicted molar refractivity (Wildman–Crippen MR) is 123 cm³/mol. The van der Waals surface area contributed by atoms with Crippen molar-refractivity contribution in [1.82, 2.24) is 4.57 Å². The Bertz CT molecular complexity index is 1350. The summed E-state index contributed by atoms with van der Waals surface area (Å²) in [5.41, 5.74) is 3.54. The van der Waals surface area contributed by atoms with Gasteiger partial charge in [0, 0.05) is 5.02 Å². The van der Waals surface area contributed by atoms with Gasteiger partial charge >= 0.3 is 5.97 Å². The number of allylic oxidation sites excluding steroid dienone is 1. The summed E-state index contributed by atoms with van der Waals surface area (Å²) in [5, 5.41) is 0.632. The SMILES string of the molecule is CCOC(=O)C1=C(C)N=c2sc(=Cc3ccc(Cl)cc3)c(=O)n2C1c1ccc(C)cc1. The van der Waals surface area contributed by atoms with Crippen LogP contribution in [-0.4, -0.2) is 17.1 Å². The Balaban J connectivity index is 1.94. The average Bonchev–Trinajstić information content (AvgIpc) is 3.04. The van der Waals surface area contributed by atoms with Gasteiger partial charge in [-0.1, -0.05) is 64.9 Å². The molecule has 2 heterocycles. The molecule has 0 radical (unpaired) electrons. The second-order valence-corrected chi connectivity index (χ2v) is 8.71. The Kier molecular flexibility index (Phi) is 5.94. The number of hydrogen-bond donors (Lipinski definition) is 0. The quantitative estimate of drug-likeness (QED) is 0.566. The molecule has 0 N–H and O–H groups in total. The second kappa shape index (κ2) is 8.65. The molecule has 0 saturated heterocycles. The predicted octanol–water partition coefficient (Wildman–Crippen LogP) is 3.76. The maximum absolute atomic E-state index is 13.4. The van der Waals surface area contributed by atoms with E-state index in [4.69, 9.17) is 16.3 Å². The molecule has 1 aromatic heterocycles. The van der Waals surface area contributed by atoms with Crippen LogP contribution < -0.4 is 14.9 Å². The smallest absolute Gasteiger partial charge is 0.338 e. The van der Waals surface area contributed by atoms with Crippen molar-refractivity contribution in [2.24, 2.45) is 4.99 Å². The summed E-state index contributed by atoms with van der Waals surface area (Å²) in [7, 11) is 0. The Hall–Kier alpha value is -2.96. The minimum atomic E-state index is -0.594.